The summed E-state index contributed by atoms with van der Waals surface area (Å²) in [6.07, 6.45) is 8.75. The zero-order valence-electron chi connectivity index (χ0n) is 10.5. The highest BCUT2D eigenvalue weighted by atomic mass is 79.9. The van der Waals surface area contributed by atoms with Gasteiger partial charge in [-0.3, -0.25) is 4.98 Å². The van der Waals surface area contributed by atoms with Crippen LogP contribution in [0.25, 0.3) is 0 Å². The standard InChI is InChI=1S/C14H21BrN2/c1-2-16-14(11-6-4-3-5-7-11)13-9-8-12(15)10-17-13/h8-11,14,16H,2-7H2,1H3. The molecule has 1 unspecified atom stereocenters. The van der Waals surface area contributed by atoms with Crippen LogP contribution in [-0.2, 0) is 0 Å². The van der Waals surface area contributed by atoms with Crippen molar-refractivity contribution >= 4 is 15.9 Å². The number of pyridine rings is 1. The van der Waals surface area contributed by atoms with E-state index in [1.54, 1.807) is 0 Å². The molecular weight excluding hydrogens is 276 g/mol. The Morgan fingerprint density at radius 3 is 2.71 bits per heavy atom. The van der Waals surface area contributed by atoms with Gasteiger partial charge in [0.25, 0.3) is 0 Å². The van der Waals surface area contributed by atoms with Crippen LogP contribution in [0.15, 0.2) is 22.8 Å². The van der Waals surface area contributed by atoms with Gasteiger partial charge in [0.1, 0.15) is 0 Å². The van der Waals surface area contributed by atoms with Crippen LogP contribution in [0.4, 0.5) is 0 Å². The minimum absolute atomic E-state index is 0.438. The molecule has 2 nitrogen and oxygen atoms in total. The SMILES string of the molecule is CCNC(c1ccc(Br)cn1)C1CCCCC1. The molecule has 3 heteroatoms. The molecule has 0 radical (unpaired) electrons. The van der Waals surface area contributed by atoms with E-state index in [2.05, 4.69) is 45.3 Å². The molecule has 1 aliphatic rings. The summed E-state index contributed by atoms with van der Waals surface area (Å²) in [5, 5.41) is 3.61. The fraction of sp³-hybridized carbons (Fsp3) is 0.643. The van der Waals surface area contributed by atoms with E-state index >= 15 is 0 Å². The van der Waals surface area contributed by atoms with Gasteiger partial charge in [0, 0.05) is 10.7 Å². The van der Waals surface area contributed by atoms with E-state index in [4.69, 9.17) is 0 Å². The second-order valence-electron chi connectivity index (χ2n) is 4.83. The summed E-state index contributed by atoms with van der Waals surface area (Å²) in [6, 6.07) is 4.68. The zero-order chi connectivity index (χ0) is 12.1. The molecule has 1 aromatic heterocycles. The molecule has 1 N–H and O–H groups in total. The summed E-state index contributed by atoms with van der Waals surface area (Å²) < 4.78 is 1.06. The van der Waals surface area contributed by atoms with Gasteiger partial charge in [0.05, 0.1) is 11.7 Å². The molecule has 0 aromatic carbocycles. The first-order valence-electron chi connectivity index (χ1n) is 6.66. The third kappa shape index (κ3) is 3.52. The lowest BCUT2D eigenvalue weighted by molar-refractivity contribution is 0.270. The third-order valence-corrected chi connectivity index (χ3v) is 4.08. The van der Waals surface area contributed by atoms with Crippen LogP contribution in [0.1, 0.15) is 50.8 Å². The number of aromatic nitrogens is 1. The molecule has 0 aliphatic heterocycles. The second-order valence-corrected chi connectivity index (χ2v) is 5.75. The monoisotopic (exact) mass is 296 g/mol. The van der Waals surface area contributed by atoms with Crippen molar-refractivity contribution in [3.05, 3.63) is 28.5 Å². The topological polar surface area (TPSA) is 24.9 Å². The fourth-order valence-corrected chi connectivity index (χ4v) is 3.01. The number of nitrogens with zero attached hydrogens (tertiary/aromatic N) is 1. The molecule has 17 heavy (non-hydrogen) atoms. The van der Waals surface area contributed by atoms with E-state index in [-0.39, 0.29) is 0 Å². The second kappa shape index (κ2) is 6.50. The summed E-state index contributed by atoms with van der Waals surface area (Å²) in [7, 11) is 0. The highest BCUT2D eigenvalue weighted by Gasteiger charge is 2.25. The molecule has 2 rings (SSSR count). The van der Waals surface area contributed by atoms with Gasteiger partial charge in [-0.25, -0.2) is 0 Å². The lowest BCUT2D eigenvalue weighted by Gasteiger charge is -2.30. The Kier molecular flexibility index (Phi) is 4.99. The molecule has 1 aromatic rings. The predicted molar refractivity (Wildman–Crippen MR) is 74.9 cm³/mol. The van der Waals surface area contributed by atoms with Crippen LogP contribution in [0, 0.1) is 5.92 Å². The van der Waals surface area contributed by atoms with E-state index in [0.717, 1.165) is 16.9 Å². The summed E-state index contributed by atoms with van der Waals surface area (Å²) >= 11 is 3.45. The lowest BCUT2D eigenvalue weighted by Crippen LogP contribution is -2.30. The van der Waals surface area contributed by atoms with Crippen molar-refractivity contribution in [2.24, 2.45) is 5.92 Å². The van der Waals surface area contributed by atoms with Crippen LogP contribution in [-0.4, -0.2) is 11.5 Å². The van der Waals surface area contributed by atoms with Crippen molar-refractivity contribution in [2.45, 2.75) is 45.1 Å². The molecule has 1 aliphatic carbocycles. The van der Waals surface area contributed by atoms with Crippen LogP contribution < -0.4 is 5.32 Å². The maximum atomic E-state index is 4.56. The average Bonchev–Trinajstić information content (AvgIpc) is 2.38. The van der Waals surface area contributed by atoms with Gasteiger partial charge in [-0.15, -0.1) is 0 Å². The van der Waals surface area contributed by atoms with Crippen LogP contribution in [0.2, 0.25) is 0 Å². The molecule has 1 saturated carbocycles. The molecule has 1 fully saturated rings. The molecular formula is C14H21BrN2. The molecule has 0 bridgehead atoms. The molecule has 0 spiro atoms. The van der Waals surface area contributed by atoms with Gasteiger partial charge in [-0.05, 0) is 53.4 Å². The lowest BCUT2D eigenvalue weighted by atomic mass is 9.82. The van der Waals surface area contributed by atoms with Crippen LogP contribution >= 0.6 is 15.9 Å². The Morgan fingerprint density at radius 1 is 1.35 bits per heavy atom. The van der Waals surface area contributed by atoms with Gasteiger partial charge < -0.3 is 5.32 Å². The summed E-state index contributed by atoms with van der Waals surface area (Å²) in [4.78, 5) is 4.56. The van der Waals surface area contributed by atoms with Gasteiger partial charge in [0.2, 0.25) is 0 Å². The molecule has 0 saturated heterocycles. The highest BCUT2D eigenvalue weighted by molar-refractivity contribution is 9.10. The summed E-state index contributed by atoms with van der Waals surface area (Å²) in [5.74, 6) is 0.761. The van der Waals surface area contributed by atoms with Gasteiger partial charge in [-0.2, -0.15) is 0 Å². The molecule has 1 heterocycles. The van der Waals surface area contributed by atoms with Crippen molar-refractivity contribution in [1.82, 2.24) is 10.3 Å². The number of hydrogen-bond donors (Lipinski definition) is 1. The first kappa shape index (κ1) is 13.0. The normalized spacial score (nSPS) is 19.2. The Balaban J connectivity index is 2.12. The van der Waals surface area contributed by atoms with E-state index < -0.39 is 0 Å². The smallest absolute Gasteiger partial charge is 0.0576 e. The number of rotatable bonds is 4. The van der Waals surface area contributed by atoms with E-state index in [1.165, 1.54) is 37.8 Å². The summed E-state index contributed by atoms with van der Waals surface area (Å²) in [6.45, 7) is 3.19. The first-order chi connectivity index (χ1) is 8.31. The van der Waals surface area contributed by atoms with Crippen molar-refractivity contribution in [1.29, 1.82) is 0 Å². The molecule has 0 amide bonds. The quantitative estimate of drug-likeness (QED) is 0.906. The number of halogens is 1. The van der Waals surface area contributed by atoms with E-state index in [0.29, 0.717) is 6.04 Å². The van der Waals surface area contributed by atoms with Crippen LogP contribution in [0.5, 0.6) is 0 Å². The highest BCUT2D eigenvalue weighted by Crippen LogP contribution is 2.33. The van der Waals surface area contributed by atoms with Crippen molar-refractivity contribution in [2.75, 3.05) is 6.54 Å². The fourth-order valence-electron chi connectivity index (χ4n) is 2.77. The zero-order valence-corrected chi connectivity index (χ0v) is 12.0. The Hall–Kier alpha value is -0.410. The number of nitrogens with one attached hydrogen (secondary N) is 1. The predicted octanol–water partition coefficient (Wildman–Crippen LogP) is 4.08. The average molecular weight is 297 g/mol. The van der Waals surface area contributed by atoms with Crippen LogP contribution in [0.3, 0.4) is 0 Å². The molecule has 1 atom stereocenters. The first-order valence-corrected chi connectivity index (χ1v) is 7.45. The van der Waals surface area contributed by atoms with Crippen molar-refractivity contribution in [3.63, 3.8) is 0 Å². The molecule has 94 valence electrons. The van der Waals surface area contributed by atoms with E-state index in [9.17, 15) is 0 Å². The maximum absolute atomic E-state index is 4.56. The number of hydrogen-bond acceptors (Lipinski definition) is 2. The van der Waals surface area contributed by atoms with Gasteiger partial charge in [0.15, 0.2) is 0 Å². The minimum atomic E-state index is 0.438. The Labute approximate surface area is 112 Å². The van der Waals surface area contributed by atoms with Crippen molar-refractivity contribution in [3.8, 4) is 0 Å². The maximum Gasteiger partial charge on any atom is 0.0576 e. The Bertz CT molecular complexity index is 331. The largest absolute Gasteiger partial charge is 0.309 e. The minimum Gasteiger partial charge on any atom is -0.309 e. The van der Waals surface area contributed by atoms with Gasteiger partial charge >= 0.3 is 0 Å². The Morgan fingerprint density at radius 2 is 2.12 bits per heavy atom. The van der Waals surface area contributed by atoms with Gasteiger partial charge in [-0.1, -0.05) is 26.2 Å². The summed E-state index contributed by atoms with van der Waals surface area (Å²) in [5.41, 5.74) is 1.20. The van der Waals surface area contributed by atoms with Crippen molar-refractivity contribution < 1.29 is 0 Å². The van der Waals surface area contributed by atoms with E-state index in [1.807, 2.05) is 6.20 Å². The third-order valence-electron chi connectivity index (χ3n) is 3.61.